The highest BCUT2D eigenvalue weighted by molar-refractivity contribution is 7.17. The van der Waals surface area contributed by atoms with Crippen molar-refractivity contribution in [1.29, 1.82) is 0 Å². The second-order valence-corrected chi connectivity index (χ2v) is 8.26. The summed E-state index contributed by atoms with van der Waals surface area (Å²) in [5.41, 5.74) is 6.06. The number of nitrogens with zero attached hydrogens (tertiary/aromatic N) is 3. The van der Waals surface area contributed by atoms with E-state index in [1.165, 1.54) is 4.70 Å². The zero-order valence-electron chi connectivity index (χ0n) is 16.6. The fourth-order valence-corrected chi connectivity index (χ4v) is 5.09. The van der Waals surface area contributed by atoms with E-state index in [1.54, 1.807) is 16.0 Å². The number of hydrogen-bond acceptors (Lipinski definition) is 5. The summed E-state index contributed by atoms with van der Waals surface area (Å²) in [5, 5.41) is 11.7. The topological polar surface area (TPSA) is 57.0 Å². The number of esters is 1. The third kappa shape index (κ3) is 3.63. The molecule has 0 N–H and O–H groups in total. The standard InChI is InChI=1S/C22H22ClN3O2S/c1-4-28-20(27)11-18(15-9-14-7-8-29-22(14)16(10-15)12-23)17-5-6-19-21(13(17)2)24-25-26(19)3/h5-10,18H,4,11-12H2,1-3H3. The summed E-state index contributed by atoms with van der Waals surface area (Å²) < 4.78 is 8.23. The predicted octanol–water partition coefficient (Wildman–Crippen LogP) is 5.32. The molecule has 2 heterocycles. The third-order valence-corrected chi connectivity index (χ3v) is 6.62. The van der Waals surface area contributed by atoms with Crippen molar-refractivity contribution >= 4 is 50.0 Å². The number of aromatic nitrogens is 3. The Bertz CT molecular complexity index is 1200. The lowest BCUT2D eigenvalue weighted by atomic mass is 9.84. The molecule has 1 atom stereocenters. The van der Waals surface area contributed by atoms with Crippen LogP contribution in [0.4, 0.5) is 0 Å². The van der Waals surface area contributed by atoms with E-state index in [1.807, 2.05) is 27.0 Å². The maximum absolute atomic E-state index is 12.5. The number of halogens is 1. The Hall–Kier alpha value is -2.44. The summed E-state index contributed by atoms with van der Waals surface area (Å²) >= 11 is 7.93. The van der Waals surface area contributed by atoms with E-state index in [0.717, 1.165) is 38.7 Å². The molecule has 7 heteroatoms. The smallest absolute Gasteiger partial charge is 0.306 e. The largest absolute Gasteiger partial charge is 0.466 e. The van der Waals surface area contributed by atoms with Crippen LogP contribution in [-0.2, 0) is 22.5 Å². The highest BCUT2D eigenvalue weighted by Gasteiger charge is 2.24. The number of benzene rings is 2. The van der Waals surface area contributed by atoms with Crippen molar-refractivity contribution in [3.05, 3.63) is 58.0 Å². The molecule has 150 valence electrons. The molecule has 5 nitrogen and oxygen atoms in total. The summed E-state index contributed by atoms with van der Waals surface area (Å²) in [6.07, 6.45) is 0.262. The van der Waals surface area contributed by atoms with Crippen LogP contribution in [0, 0.1) is 6.92 Å². The van der Waals surface area contributed by atoms with E-state index >= 15 is 0 Å². The van der Waals surface area contributed by atoms with E-state index in [9.17, 15) is 4.79 Å². The van der Waals surface area contributed by atoms with Gasteiger partial charge >= 0.3 is 5.97 Å². The molecule has 29 heavy (non-hydrogen) atoms. The van der Waals surface area contributed by atoms with E-state index in [0.29, 0.717) is 12.5 Å². The monoisotopic (exact) mass is 427 g/mol. The highest BCUT2D eigenvalue weighted by Crippen LogP contribution is 2.37. The Morgan fingerprint density at radius 3 is 2.90 bits per heavy atom. The van der Waals surface area contributed by atoms with Crippen LogP contribution in [0.15, 0.2) is 35.7 Å². The second-order valence-electron chi connectivity index (χ2n) is 7.07. The molecule has 0 bridgehead atoms. The van der Waals surface area contributed by atoms with Gasteiger partial charge in [-0.25, -0.2) is 4.68 Å². The molecule has 4 aromatic rings. The van der Waals surface area contributed by atoms with Crippen molar-refractivity contribution in [2.24, 2.45) is 7.05 Å². The molecule has 0 saturated carbocycles. The summed E-state index contributed by atoms with van der Waals surface area (Å²) in [4.78, 5) is 12.5. The van der Waals surface area contributed by atoms with Crippen LogP contribution in [-0.4, -0.2) is 27.6 Å². The fraction of sp³-hybridized carbons (Fsp3) is 0.318. The Labute approximate surface area is 178 Å². The summed E-state index contributed by atoms with van der Waals surface area (Å²) in [6, 6.07) is 10.5. The van der Waals surface area contributed by atoms with Crippen molar-refractivity contribution in [2.75, 3.05) is 6.61 Å². The number of thiophene rings is 1. The average molecular weight is 428 g/mol. The van der Waals surface area contributed by atoms with Crippen molar-refractivity contribution in [3.8, 4) is 0 Å². The van der Waals surface area contributed by atoms with E-state index < -0.39 is 0 Å². The summed E-state index contributed by atoms with van der Waals surface area (Å²) in [5.74, 6) is 0.0693. The van der Waals surface area contributed by atoms with Crippen LogP contribution < -0.4 is 0 Å². The van der Waals surface area contributed by atoms with Gasteiger partial charge < -0.3 is 4.74 Å². The minimum Gasteiger partial charge on any atom is -0.466 e. The second kappa shape index (κ2) is 8.13. The molecule has 0 spiro atoms. The first-order valence-corrected chi connectivity index (χ1v) is 10.9. The van der Waals surface area contributed by atoms with E-state index in [2.05, 4.69) is 40.0 Å². The van der Waals surface area contributed by atoms with Gasteiger partial charge in [0.15, 0.2) is 0 Å². The number of fused-ring (bicyclic) bond motifs is 2. The fourth-order valence-electron chi connectivity index (χ4n) is 3.90. The van der Waals surface area contributed by atoms with Crippen molar-refractivity contribution in [2.45, 2.75) is 32.1 Å². The van der Waals surface area contributed by atoms with Gasteiger partial charge in [-0.15, -0.1) is 28.0 Å². The lowest BCUT2D eigenvalue weighted by molar-refractivity contribution is -0.143. The van der Waals surface area contributed by atoms with Crippen molar-refractivity contribution in [3.63, 3.8) is 0 Å². The van der Waals surface area contributed by atoms with Gasteiger partial charge in [-0.3, -0.25) is 4.79 Å². The molecule has 0 aliphatic heterocycles. The molecule has 0 saturated heterocycles. The van der Waals surface area contributed by atoms with Crippen molar-refractivity contribution in [1.82, 2.24) is 15.0 Å². The Morgan fingerprint density at radius 2 is 2.14 bits per heavy atom. The van der Waals surface area contributed by atoms with E-state index in [4.69, 9.17) is 16.3 Å². The molecule has 2 aromatic carbocycles. The minimum absolute atomic E-state index is 0.147. The zero-order chi connectivity index (χ0) is 20.5. The summed E-state index contributed by atoms with van der Waals surface area (Å²) in [7, 11) is 1.88. The van der Waals surface area contributed by atoms with Gasteiger partial charge in [-0.2, -0.15) is 0 Å². The highest BCUT2D eigenvalue weighted by atomic mass is 35.5. The summed E-state index contributed by atoms with van der Waals surface area (Å²) in [6.45, 7) is 4.23. The van der Waals surface area contributed by atoms with Crippen LogP contribution in [0.25, 0.3) is 21.1 Å². The first kappa shape index (κ1) is 19.9. The van der Waals surface area contributed by atoms with Gasteiger partial charge in [0.25, 0.3) is 0 Å². The molecule has 0 amide bonds. The Kier molecular flexibility index (Phi) is 5.56. The van der Waals surface area contributed by atoms with Crippen LogP contribution in [0.1, 0.15) is 41.5 Å². The SMILES string of the molecule is CCOC(=O)CC(c1cc(CCl)c2sccc2c1)c1ccc2c(nnn2C)c1C. The molecule has 0 radical (unpaired) electrons. The maximum atomic E-state index is 12.5. The number of aryl methyl sites for hydroxylation is 2. The molecule has 2 aromatic heterocycles. The van der Waals surface area contributed by atoms with E-state index in [-0.39, 0.29) is 18.3 Å². The lowest BCUT2D eigenvalue weighted by Gasteiger charge is -2.21. The average Bonchev–Trinajstić information content (AvgIpc) is 3.33. The lowest BCUT2D eigenvalue weighted by Crippen LogP contribution is -2.13. The number of carbonyl (C=O) groups is 1. The Balaban J connectivity index is 1.88. The molecular formula is C22H22ClN3O2S. The van der Waals surface area contributed by atoms with Gasteiger partial charge in [0.1, 0.15) is 5.52 Å². The van der Waals surface area contributed by atoms with Gasteiger partial charge in [0.05, 0.1) is 18.5 Å². The third-order valence-electron chi connectivity index (χ3n) is 5.33. The molecule has 1 unspecified atom stereocenters. The normalized spacial score (nSPS) is 12.6. The number of ether oxygens (including phenoxy) is 1. The van der Waals surface area contributed by atoms with Crippen LogP contribution >= 0.6 is 22.9 Å². The zero-order valence-corrected chi connectivity index (χ0v) is 18.2. The van der Waals surface area contributed by atoms with Gasteiger partial charge in [0.2, 0.25) is 0 Å². The van der Waals surface area contributed by atoms with Crippen molar-refractivity contribution < 1.29 is 9.53 Å². The Morgan fingerprint density at radius 1 is 1.31 bits per heavy atom. The molecule has 0 aliphatic rings. The van der Waals surface area contributed by atoms with Crippen LogP contribution in [0.5, 0.6) is 0 Å². The molecular weight excluding hydrogens is 406 g/mol. The number of alkyl halides is 1. The number of carbonyl (C=O) groups excluding carboxylic acids is 1. The quantitative estimate of drug-likeness (QED) is 0.309. The van der Waals surface area contributed by atoms with Gasteiger partial charge in [-0.05, 0) is 65.1 Å². The number of rotatable bonds is 6. The molecule has 0 aliphatic carbocycles. The van der Waals surface area contributed by atoms with Gasteiger partial charge in [0, 0.05) is 23.5 Å². The van der Waals surface area contributed by atoms with Crippen LogP contribution in [0.2, 0.25) is 0 Å². The first-order chi connectivity index (χ1) is 14.0. The minimum atomic E-state index is -0.214. The maximum Gasteiger partial charge on any atom is 0.306 e. The first-order valence-electron chi connectivity index (χ1n) is 9.54. The molecule has 4 rings (SSSR count). The number of hydrogen-bond donors (Lipinski definition) is 0. The van der Waals surface area contributed by atoms with Gasteiger partial charge in [-0.1, -0.05) is 17.3 Å². The van der Waals surface area contributed by atoms with Crippen LogP contribution in [0.3, 0.4) is 0 Å². The molecule has 0 fully saturated rings. The predicted molar refractivity (Wildman–Crippen MR) is 118 cm³/mol.